The highest BCUT2D eigenvalue weighted by atomic mass is 32.1. The zero-order valence-corrected chi connectivity index (χ0v) is 15.1. The number of amides is 1. The summed E-state index contributed by atoms with van der Waals surface area (Å²) < 4.78 is 15.5. The molecule has 0 aliphatic rings. The van der Waals surface area contributed by atoms with Gasteiger partial charge in [0.1, 0.15) is 11.5 Å². The molecule has 6 nitrogen and oxygen atoms in total. The van der Waals surface area contributed by atoms with Crippen LogP contribution in [-0.4, -0.2) is 44.1 Å². The molecule has 1 heterocycles. The van der Waals surface area contributed by atoms with Crippen LogP contribution in [0.1, 0.15) is 12.0 Å². The second kappa shape index (κ2) is 9.68. The van der Waals surface area contributed by atoms with E-state index in [0.29, 0.717) is 12.3 Å². The summed E-state index contributed by atoms with van der Waals surface area (Å²) in [6.07, 6.45) is 0.0769. The Morgan fingerprint density at radius 2 is 1.84 bits per heavy atom. The van der Waals surface area contributed by atoms with Gasteiger partial charge in [0.2, 0.25) is 0 Å². The van der Waals surface area contributed by atoms with Crippen molar-refractivity contribution in [2.45, 2.75) is 13.0 Å². The van der Waals surface area contributed by atoms with Gasteiger partial charge in [0.05, 0.1) is 20.1 Å². The van der Waals surface area contributed by atoms with E-state index < -0.39 is 5.97 Å². The molecule has 0 radical (unpaired) electrons. The molecule has 25 heavy (non-hydrogen) atoms. The third kappa shape index (κ3) is 6.46. The maximum atomic E-state index is 11.9. The number of hydrogen-bond acceptors (Lipinski definition) is 6. The molecule has 1 aromatic heterocycles. The summed E-state index contributed by atoms with van der Waals surface area (Å²) in [5.74, 6) is 0.665. The quantitative estimate of drug-likeness (QED) is 0.641. The number of likely N-dealkylation sites (N-methyl/N-ethyl adjacent to an activating group) is 1. The minimum Gasteiger partial charge on any atom is -0.497 e. The predicted octanol–water partition coefficient (Wildman–Crippen LogP) is 2.73. The van der Waals surface area contributed by atoms with Crippen molar-refractivity contribution < 1.29 is 23.8 Å². The highest BCUT2D eigenvalue weighted by molar-refractivity contribution is 7.07. The molecule has 134 valence electrons. The van der Waals surface area contributed by atoms with Crippen LogP contribution in [0, 0.1) is 0 Å². The zero-order valence-electron chi connectivity index (χ0n) is 14.3. The summed E-state index contributed by atoms with van der Waals surface area (Å²) in [5, 5.41) is 3.93. The minimum atomic E-state index is -0.467. The number of hydrogen-bond donors (Lipinski definition) is 0. The minimum absolute atomic E-state index is 0.0769. The van der Waals surface area contributed by atoms with Crippen molar-refractivity contribution in [1.29, 1.82) is 0 Å². The van der Waals surface area contributed by atoms with E-state index in [4.69, 9.17) is 14.2 Å². The van der Waals surface area contributed by atoms with Crippen molar-refractivity contribution in [3.8, 4) is 11.5 Å². The molecule has 0 N–H and O–H groups in total. The molecule has 0 bridgehead atoms. The van der Waals surface area contributed by atoms with Gasteiger partial charge in [0.15, 0.2) is 6.61 Å². The Labute approximate surface area is 150 Å². The van der Waals surface area contributed by atoms with Crippen molar-refractivity contribution in [3.05, 3.63) is 46.7 Å². The fourth-order valence-electron chi connectivity index (χ4n) is 1.99. The average Bonchev–Trinajstić information content (AvgIpc) is 3.13. The Bertz CT molecular complexity index is 669. The van der Waals surface area contributed by atoms with Gasteiger partial charge in [0, 0.05) is 13.6 Å². The van der Waals surface area contributed by atoms with Crippen molar-refractivity contribution in [1.82, 2.24) is 4.90 Å². The Hall–Kier alpha value is -2.54. The van der Waals surface area contributed by atoms with E-state index in [1.807, 2.05) is 16.8 Å². The fourth-order valence-corrected chi connectivity index (χ4v) is 2.65. The van der Waals surface area contributed by atoms with Crippen LogP contribution < -0.4 is 9.47 Å². The summed E-state index contributed by atoms with van der Waals surface area (Å²) in [6, 6.07) is 9.02. The van der Waals surface area contributed by atoms with Crippen LogP contribution in [0.4, 0.5) is 0 Å². The largest absolute Gasteiger partial charge is 0.497 e. The molecule has 1 amide bonds. The lowest BCUT2D eigenvalue weighted by atomic mass is 10.3. The normalized spacial score (nSPS) is 10.2. The van der Waals surface area contributed by atoms with Crippen molar-refractivity contribution in [2.24, 2.45) is 0 Å². The van der Waals surface area contributed by atoms with Crippen LogP contribution in [0.25, 0.3) is 0 Å². The highest BCUT2D eigenvalue weighted by Crippen LogP contribution is 2.17. The van der Waals surface area contributed by atoms with Gasteiger partial charge in [-0.15, -0.1) is 0 Å². The predicted molar refractivity (Wildman–Crippen MR) is 94.9 cm³/mol. The van der Waals surface area contributed by atoms with Crippen LogP contribution in [-0.2, 0) is 20.9 Å². The Balaban J connectivity index is 1.63. The van der Waals surface area contributed by atoms with Gasteiger partial charge in [-0.05, 0) is 46.7 Å². The second-order valence-electron chi connectivity index (χ2n) is 5.32. The van der Waals surface area contributed by atoms with Crippen molar-refractivity contribution in [2.75, 3.05) is 27.4 Å². The van der Waals surface area contributed by atoms with E-state index in [-0.39, 0.29) is 25.5 Å². The van der Waals surface area contributed by atoms with Crippen molar-refractivity contribution in [3.63, 3.8) is 0 Å². The molecule has 7 heteroatoms. The number of ether oxygens (including phenoxy) is 3. The van der Waals surface area contributed by atoms with Gasteiger partial charge in [0.25, 0.3) is 5.91 Å². The lowest BCUT2D eigenvalue weighted by Gasteiger charge is -2.16. The lowest BCUT2D eigenvalue weighted by molar-refractivity contribution is -0.152. The Morgan fingerprint density at radius 1 is 1.12 bits per heavy atom. The van der Waals surface area contributed by atoms with Crippen LogP contribution in [0.3, 0.4) is 0 Å². The van der Waals surface area contributed by atoms with E-state index in [9.17, 15) is 9.59 Å². The van der Waals surface area contributed by atoms with Crippen LogP contribution in [0.5, 0.6) is 11.5 Å². The third-order valence-electron chi connectivity index (χ3n) is 3.42. The average molecular weight is 363 g/mol. The number of carbonyl (C=O) groups excluding carboxylic acids is 2. The summed E-state index contributed by atoms with van der Waals surface area (Å²) >= 11 is 1.58. The van der Waals surface area contributed by atoms with Gasteiger partial charge in [-0.25, -0.2) is 0 Å². The van der Waals surface area contributed by atoms with E-state index in [1.54, 1.807) is 49.8 Å². The zero-order chi connectivity index (χ0) is 18.1. The molecular weight excluding hydrogens is 342 g/mol. The van der Waals surface area contributed by atoms with Crippen molar-refractivity contribution >= 4 is 23.2 Å². The van der Waals surface area contributed by atoms with Gasteiger partial charge in [-0.2, -0.15) is 11.3 Å². The number of nitrogens with zero attached hydrogens (tertiary/aromatic N) is 1. The number of thiophene rings is 1. The summed E-state index contributed by atoms with van der Waals surface area (Å²) in [5.41, 5.74) is 1.06. The van der Waals surface area contributed by atoms with E-state index in [0.717, 1.165) is 11.3 Å². The summed E-state index contributed by atoms with van der Waals surface area (Å²) in [4.78, 5) is 25.2. The second-order valence-corrected chi connectivity index (χ2v) is 6.10. The standard InChI is InChI=1S/C18H21NO5S/c1-19(11-14-8-10-25-13-14)17(20)12-24-18(21)7-9-23-16-5-3-15(22-2)4-6-16/h3-6,8,10,13H,7,9,11-12H2,1-2H3. The lowest BCUT2D eigenvalue weighted by Crippen LogP contribution is -2.30. The topological polar surface area (TPSA) is 65.1 Å². The monoisotopic (exact) mass is 363 g/mol. The van der Waals surface area contributed by atoms with E-state index in [1.165, 1.54) is 4.90 Å². The van der Waals surface area contributed by atoms with Gasteiger partial charge in [-0.3, -0.25) is 9.59 Å². The van der Waals surface area contributed by atoms with E-state index in [2.05, 4.69) is 0 Å². The molecule has 2 rings (SSSR count). The van der Waals surface area contributed by atoms with Crippen LogP contribution in [0.2, 0.25) is 0 Å². The maximum absolute atomic E-state index is 11.9. The molecule has 0 saturated carbocycles. The Morgan fingerprint density at radius 3 is 2.48 bits per heavy atom. The molecule has 0 atom stereocenters. The molecule has 0 saturated heterocycles. The maximum Gasteiger partial charge on any atom is 0.309 e. The van der Waals surface area contributed by atoms with Crippen LogP contribution in [0.15, 0.2) is 41.1 Å². The summed E-state index contributed by atoms with van der Waals surface area (Å²) in [6.45, 7) is 0.423. The Kier molecular flexibility index (Phi) is 7.28. The smallest absolute Gasteiger partial charge is 0.309 e. The molecule has 0 unspecified atom stereocenters. The fraction of sp³-hybridized carbons (Fsp3) is 0.333. The first-order valence-corrected chi connectivity index (χ1v) is 8.70. The van der Waals surface area contributed by atoms with Gasteiger partial charge >= 0.3 is 5.97 Å². The number of benzene rings is 1. The highest BCUT2D eigenvalue weighted by Gasteiger charge is 2.12. The number of methoxy groups -OCH3 is 1. The van der Waals surface area contributed by atoms with Gasteiger partial charge < -0.3 is 19.1 Å². The number of carbonyl (C=O) groups is 2. The van der Waals surface area contributed by atoms with Crippen LogP contribution >= 0.6 is 11.3 Å². The summed E-state index contributed by atoms with van der Waals surface area (Å²) in [7, 11) is 3.27. The molecule has 1 aromatic carbocycles. The van der Waals surface area contributed by atoms with Gasteiger partial charge in [-0.1, -0.05) is 0 Å². The molecule has 0 aliphatic carbocycles. The third-order valence-corrected chi connectivity index (χ3v) is 4.15. The molecule has 0 spiro atoms. The molecule has 2 aromatic rings. The molecule has 0 fully saturated rings. The first-order chi connectivity index (χ1) is 12.1. The first kappa shape index (κ1) is 18.8. The molecule has 0 aliphatic heterocycles. The van der Waals surface area contributed by atoms with E-state index >= 15 is 0 Å². The molecular formula is C18H21NO5S. The SMILES string of the molecule is COc1ccc(OCCC(=O)OCC(=O)N(C)Cc2ccsc2)cc1. The first-order valence-electron chi connectivity index (χ1n) is 7.76. The number of esters is 1. The number of rotatable bonds is 9.